The molecule has 2 rings (SSSR count). The van der Waals surface area contributed by atoms with Crippen molar-refractivity contribution >= 4 is 0 Å². The molecule has 1 unspecified atom stereocenters. The van der Waals surface area contributed by atoms with Gasteiger partial charge in [0, 0.05) is 18.8 Å². The maximum atomic E-state index is 6.20. The van der Waals surface area contributed by atoms with Crippen LogP contribution in [0.4, 0.5) is 0 Å². The highest BCUT2D eigenvalue weighted by Gasteiger charge is 2.22. The van der Waals surface area contributed by atoms with Gasteiger partial charge in [-0.2, -0.15) is 0 Å². The summed E-state index contributed by atoms with van der Waals surface area (Å²) in [5, 5.41) is 0. The molecule has 2 heterocycles. The molecule has 2 N–H and O–H groups in total. The standard InChI is InChI=1S/C14H26N4/c1-12(10-17-7-5-4-6-8-17)18-11-16-9-13(18)14(2,3)15/h9,11-12H,4-8,10,15H2,1-3H3. The molecule has 0 radical (unpaired) electrons. The Morgan fingerprint density at radius 3 is 2.61 bits per heavy atom. The van der Waals surface area contributed by atoms with Gasteiger partial charge in [0.1, 0.15) is 0 Å². The molecule has 1 atom stereocenters. The monoisotopic (exact) mass is 250 g/mol. The lowest BCUT2D eigenvalue weighted by molar-refractivity contribution is 0.199. The Balaban J connectivity index is 2.04. The van der Waals surface area contributed by atoms with E-state index < -0.39 is 0 Å². The molecule has 0 aliphatic carbocycles. The molecule has 1 aromatic heterocycles. The quantitative estimate of drug-likeness (QED) is 0.890. The fourth-order valence-electron chi connectivity index (χ4n) is 2.76. The highest BCUT2D eigenvalue weighted by Crippen LogP contribution is 2.21. The second-order valence-electron chi connectivity index (χ2n) is 6.12. The number of likely N-dealkylation sites (tertiary alicyclic amines) is 1. The number of nitrogens with two attached hydrogens (primary N) is 1. The van der Waals surface area contributed by atoms with Crippen molar-refractivity contribution in [1.82, 2.24) is 14.5 Å². The number of imidazole rings is 1. The van der Waals surface area contributed by atoms with Gasteiger partial charge in [-0.15, -0.1) is 0 Å². The zero-order valence-electron chi connectivity index (χ0n) is 11.9. The van der Waals surface area contributed by atoms with E-state index in [2.05, 4.69) is 21.4 Å². The number of hydrogen-bond acceptors (Lipinski definition) is 3. The molecule has 1 aliphatic rings. The SMILES string of the molecule is CC(CN1CCCCC1)n1cncc1C(C)(C)N. The minimum absolute atomic E-state index is 0.327. The molecule has 18 heavy (non-hydrogen) atoms. The third-order valence-corrected chi connectivity index (χ3v) is 3.77. The van der Waals surface area contributed by atoms with Crippen LogP contribution >= 0.6 is 0 Å². The smallest absolute Gasteiger partial charge is 0.0951 e. The number of rotatable bonds is 4. The molecule has 1 aromatic rings. The first-order valence-corrected chi connectivity index (χ1v) is 7.02. The summed E-state index contributed by atoms with van der Waals surface area (Å²) in [5.74, 6) is 0. The maximum Gasteiger partial charge on any atom is 0.0951 e. The van der Waals surface area contributed by atoms with Crippen molar-refractivity contribution in [3.8, 4) is 0 Å². The van der Waals surface area contributed by atoms with Gasteiger partial charge in [-0.25, -0.2) is 4.98 Å². The molecule has 4 heteroatoms. The van der Waals surface area contributed by atoms with Crippen LogP contribution < -0.4 is 5.73 Å². The fourth-order valence-corrected chi connectivity index (χ4v) is 2.76. The van der Waals surface area contributed by atoms with E-state index in [-0.39, 0.29) is 5.54 Å². The molecule has 1 fully saturated rings. The Bertz CT molecular complexity index is 371. The Labute approximate surface area is 110 Å². The van der Waals surface area contributed by atoms with Crippen LogP contribution in [-0.4, -0.2) is 34.1 Å². The molecule has 0 saturated carbocycles. The summed E-state index contributed by atoms with van der Waals surface area (Å²) in [5.41, 5.74) is 6.99. The fraction of sp³-hybridized carbons (Fsp3) is 0.786. The Morgan fingerprint density at radius 1 is 1.33 bits per heavy atom. The second kappa shape index (κ2) is 5.41. The molecular formula is C14H26N4. The third-order valence-electron chi connectivity index (χ3n) is 3.77. The van der Waals surface area contributed by atoms with Crippen molar-refractivity contribution < 1.29 is 0 Å². The van der Waals surface area contributed by atoms with Crippen molar-refractivity contribution in [2.45, 2.75) is 51.6 Å². The van der Waals surface area contributed by atoms with E-state index in [1.54, 1.807) is 0 Å². The van der Waals surface area contributed by atoms with Gasteiger partial charge in [-0.1, -0.05) is 6.42 Å². The maximum absolute atomic E-state index is 6.20. The van der Waals surface area contributed by atoms with Crippen molar-refractivity contribution in [2.24, 2.45) is 5.73 Å². The molecule has 4 nitrogen and oxygen atoms in total. The van der Waals surface area contributed by atoms with Gasteiger partial charge in [-0.3, -0.25) is 0 Å². The molecule has 1 aliphatic heterocycles. The van der Waals surface area contributed by atoms with Crippen molar-refractivity contribution in [3.63, 3.8) is 0 Å². The van der Waals surface area contributed by atoms with Crippen LogP contribution in [-0.2, 0) is 5.54 Å². The molecule has 0 bridgehead atoms. The van der Waals surface area contributed by atoms with Crippen LogP contribution in [0, 0.1) is 0 Å². The summed E-state index contributed by atoms with van der Waals surface area (Å²) >= 11 is 0. The summed E-state index contributed by atoms with van der Waals surface area (Å²) in [6, 6.07) is 0.434. The van der Waals surface area contributed by atoms with E-state index in [0.29, 0.717) is 6.04 Å². The molecule has 102 valence electrons. The van der Waals surface area contributed by atoms with Crippen LogP contribution in [0.15, 0.2) is 12.5 Å². The molecule has 0 aromatic carbocycles. The predicted molar refractivity (Wildman–Crippen MR) is 74.4 cm³/mol. The van der Waals surface area contributed by atoms with Crippen LogP contribution in [0.2, 0.25) is 0 Å². The third kappa shape index (κ3) is 3.12. The summed E-state index contributed by atoms with van der Waals surface area (Å²) in [6.45, 7) is 9.90. The molecule has 0 amide bonds. The van der Waals surface area contributed by atoms with E-state index in [0.717, 1.165) is 12.2 Å². The zero-order valence-corrected chi connectivity index (χ0v) is 11.9. The number of piperidine rings is 1. The first-order chi connectivity index (χ1) is 8.48. The highest BCUT2D eigenvalue weighted by molar-refractivity contribution is 5.11. The van der Waals surface area contributed by atoms with E-state index in [1.807, 2.05) is 26.4 Å². The predicted octanol–water partition coefficient (Wildman–Crippen LogP) is 2.12. The summed E-state index contributed by atoms with van der Waals surface area (Å²) < 4.78 is 2.23. The first kappa shape index (κ1) is 13.6. The Hall–Kier alpha value is -0.870. The lowest BCUT2D eigenvalue weighted by Crippen LogP contribution is -2.37. The molecule has 0 spiro atoms. The van der Waals surface area contributed by atoms with E-state index >= 15 is 0 Å². The molecular weight excluding hydrogens is 224 g/mol. The number of hydrogen-bond donors (Lipinski definition) is 1. The number of aromatic nitrogens is 2. The topological polar surface area (TPSA) is 47.1 Å². The average Bonchev–Trinajstić information content (AvgIpc) is 2.79. The van der Waals surface area contributed by atoms with Gasteiger partial charge in [-0.05, 0) is 46.7 Å². The summed E-state index contributed by atoms with van der Waals surface area (Å²) in [7, 11) is 0. The van der Waals surface area contributed by atoms with Crippen LogP contribution in [0.25, 0.3) is 0 Å². The molecule has 1 saturated heterocycles. The van der Waals surface area contributed by atoms with E-state index in [1.165, 1.54) is 32.4 Å². The van der Waals surface area contributed by atoms with Gasteiger partial charge >= 0.3 is 0 Å². The number of nitrogens with zero attached hydrogens (tertiary/aromatic N) is 3. The normalized spacial score (nSPS) is 20.0. The van der Waals surface area contributed by atoms with Crippen molar-refractivity contribution in [1.29, 1.82) is 0 Å². The van der Waals surface area contributed by atoms with Crippen LogP contribution in [0.3, 0.4) is 0 Å². The highest BCUT2D eigenvalue weighted by atomic mass is 15.2. The van der Waals surface area contributed by atoms with E-state index in [9.17, 15) is 0 Å². The Morgan fingerprint density at radius 2 is 2.00 bits per heavy atom. The Kier molecular flexibility index (Phi) is 4.07. The van der Waals surface area contributed by atoms with Gasteiger partial charge in [0.25, 0.3) is 0 Å². The van der Waals surface area contributed by atoms with Crippen LogP contribution in [0.1, 0.15) is 51.8 Å². The minimum atomic E-state index is -0.327. The minimum Gasteiger partial charge on any atom is -0.329 e. The average molecular weight is 250 g/mol. The van der Waals surface area contributed by atoms with Gasteiger partial charge in [0.2, 0.25) is 0 Å². The van der Waals surface area contributed by atoms with Crippen LogP contribution in [0.5, 0.6) is 0 Å². The zero-order chi connectivity index (χ0) is 13.2. The first-order valence-electron chi connectivity index (χ1n) is 7.02. The van der Waals surface area contributed by atoms with Gasteiger partial charge in [0.15, 0.2) is 0 Å². The van der Waals surface area contributed by atoms with E-state index in [4.69, 9.17) is 5.73 Å². The second-order valence-corrected chi connectivity index (χ2v) is 6.12. The van der Waals surface area contributed by atoms with Gasteiger partial charge < -0.3 is 15.2 Å². The summed E-state index contributed by atoms with van der Waals surface area (Å²) in [6.07, 6.45) is 7.88. The lowest BCUT2D eigenvalue weighted by atomic mass is 10.0. The lowest BCUT2D eigenvalue weighted by Gasteiger charge is -2.31. The van der Waals surface area contributed by atoms with Crippen molar-refractivity contribution in [3.05, 3.63) is 18.2 Å². The summed E-state index contributed by atoms with van der Waals surface area (Å²) in [4.78, 5) is 6.82. The van der Waals surface area contributed by atoms with Gasteiger partial charge in [0.05, 0.1) is 17.6 Å². The largest absolute Gasteiger partial charge is 0.329 e. The van der Waals surface area contributed by atoms with Crippen molar-refractivity contribution in [2.75, 3.05) is 19.6 Å².